The minimum absolute atomic E-state index is 0.140. The Morgan fingerprint density at radius 2 is 1.96 bits per heavy atom. The van der Waals surface area contributed by atoms with Crippen LogP contribution < -0.4 is 5.32 Å². The monoisotopic (exact) mass is 377 g/mol. The molecule has 0 radical (unpaired) electrons. The van der Waals surface area contributed by atoms with Crippen LogP contribution in [0, 0.1) is 11.7 Å². The number of anilines is 1. The van der Waals surface area contributed by atoms with E-state index in [9.17, 15) is 18.0 Å². The van der Waals surface area contributed by atoms with Gasteiger partial charge >= 0.3 is 0 Å². The Morgan fingerprint density at radius 1 is 1.26 bits per heavy atom. The Balaban J connectivity index is 1.62. The average molecular weight is 377 g/mol. The number of aromatic nitrogens is 2. The van der Waals surface area contributed by atoms with Gasteiger partial charge in [-0.15, -0.1) is 0 Å². The molecule has 0 saturated heterocycles. The molecule has 2 aliphatic rings. The molecule has 7 heteroatoms. The summed E-state index contributed by atoms with van der Waals surface area (Å²) in [5.74, 6) is -3.52. The minimum atomic E-state index is -2.74. The Hall–Kier alpha value is -2.31. The third kappa shape index (κ3) is 3.35. The molecule has 1 aromatic heterocycles. The number of hydrogen-bond acceptors (Lipinski definition) is 2. The molecule has 2 fully saturated rings. The van der Waals surface area contributed by atoms with Crippen molar-refractivity contribution in [3.05, 3.63) is 35.6 Å². The summed E-state index contributed by atoms with van der Waals surface area (Å²) < 4.78 is 41.8. The van der Waals surface area contributed by atoms with Crippen LogP contribution in [0.2, 0.25) is 0 Å². The van der Waals surface area contributed by atoms with Crippen LogP contribution in [0.5, 0.6) is 0 Å². The van der Waals surface area contributed by atoms with Crippen molar-refractivity contribution in [2.45, 2.75) is 50.4 Å². The Bertz CT molecular complexity index is 856. The van der Waals surface area contributed by atoms with Gasteiger partial charge in [0.2, 0.25) is 5.91 Å². The lowest BCUT2D eigenvalue weighted by atomic mass is 9.78. The molecular formula is C20H22F3N3O. The van der Waals surface area contributed by atoms with Gasteiger partial charge in [0.05, 0.1) is 5.69 Å². The normalized spacial score (nSPS) is 21.4. The first-order valence-corrected chi connectivity index (χ1v) is 9.35. The van der Waals surface area contributed by atoms with Crippen LogP contribution in [-0.4, -0.2) is 21.6 Å². The SMILES string of the molecule is Cn1nc(-c2ccc(F)cc2)c(C2CCC2)c1NC(=O)CC1CCC1(F)F. The Kier molecular flexibility index (Phi) is 4.48. The molecule has 144 valence electrons. The van der Waals surface area contributed by atoms with Crippen LogP contribution in [-0.2, 0) is 11.8 Å². The molecule has 1 N–H and O–H groups in total. The van der Waals surface area contributed by atoms with E-state index in [0.717, 1.165) is 30.4 Å². The Morgan fingerprint density at radius 3 is 2.48 bits per heavy atom. The molecule has 4 rings (SSSR count). The molecule has 1 aromatic carbocycles. The first-order valence-electron chi connectivity index (χ1n) is 9.35. The number of alkyl halides is 2. The number of nitrogens with one attached hydrogen (secondary N) is 1. The summed E-state index contributed by atoms with van der Waals surface area (Å²) in [6, 6.07) is 6.09. The molecule has 2 aromatic rings. The average Bonchev–Trinajstić information content (AvgIpc) is 2.88. The summed E-state index contributed by atoms with van der Waals surface area (Å²) in [5, 5.41) is 7.36. The summed E-state index contributed by atoms with van der Waals surface area (Å²) in [7, 11) is 1.72. The van der Waals surface area contributed by atoms with Gasteiger partial charge in [0, 0.05) is 36.9 Å². The number of aryl methyl sites for hydroxylation is 1. The third-order valence-corrected chi connectivity index (χ3v) is 5.83. The van der Waals surface area contributed by atoms with Crippen molar-refractivity contribution in [3.63, 3.8) is 0 Å². The standard InChI is InChI=1S/C20H22F3N3O/c1-26-19(24-16(27)11-14-9-10-20(14,22)23)17(12-3-2-4-12)18(25-26)13-5-7-15(21)8-6-13/h5-8,12,14H,2-4,9-11H2,1H3,(H,24,27). The number of amides is 1. The fraction of sp³-hybridized carbons (Fsp3) is 0.500. The lowest BCUT2D eigenvalue weighted by molar-refractivity contribution is -0.145. The van der Waals surface area contributed by atoms with Crippen LogP contribution in [0.1, 0.15) is 50.0 Å². The number of halogens is 3. The first kappa shape index (κ1) is 18.1. The van der Waals surface area contributed by atoms with Gasteiger partial charge < -0.3 is 5.32 Å². The van der Waals surface area contributed by atoms with Crippen molar-refractivity contribution in [2.75, 3.05) is 5.32 Å². The smallest absolute Gasteiger partial charge is 0.251 e. The summed E-state index contributed by atoms with van der Waals surface area (Å²) in [4.78, 5) is 12.4. The fourth-order valence-electron chi connectivity index (χ4n) is 3.82. The number of carbonyl (C=O) groups excluding carboxylic acids is 1. The molecule has 4 nitrogen and oxygen atoms in total. The molecule has 1 amide bonds. The van der Waals surface area contributed by atoms with Gasteiger partial charge in [-0.1, -0.05) is 6.42 Å². The van der Waals surface area contributed by atoms with Crippen molar-refractivity contribution in [2.24, 2.45) is 13.0 Å². The van der Waals surface area contributed by atoms with E-state index in [2.05, 4.69) is 10.4 Å². The van der Waals surface area contributed by atoms with Crippen LogP contribution in [0.25, 0.3) is 11.3 Å². The van der Waals surface area contributed by atoms with Gasteiger partial charge in [0.1, 0.15) is 11.6 Å². The van der Waals surface area contributed by atoms with E-state index in [1.54, 1.807) is 23.9 Å². The van der Waals surface area contributed by atoms with E-state index in [4.69, 9.17) is 0 Å². The number of benzene rings is 1. The molecule has 2 saturated carbocycles. The highest BCUT2D eigenvalue weighted by atomic mass is 19.3. The number of nitrogens with zero attached hydrogens (tertiary/aromatic N) is 2. The molecule has 0 aliphatic heterocycles. The number of hydrogen-bond donors (Lipinski definition) is 1. The molecule has 2 aliphatic carbocycles. The van der Waals surface area contributed by atoms with E-state index < -0.39 is 17.7 Å². The predicted octanol–water partition coefficient (Wildman–Crippen LogP) is 4.87. The molecule has 1 unspecified atom stereocenters. The van der Waals surface area contributed by atoms with Gasteiger partial charge in [-0.05, 0) is 49.4 Å². The summed E-state index contributed by atoms with van der Waals surface area (Å²) in [6.45, 7) is 0. The van der Waals surface area contributed by atoms with E-state index in [1.807, 2.05) is 0 Å². The van der Waals surface area contributed by atoms with Gasteiger partial charge in [-0.2, -0.15) is 5.10 Å². The van der Waals surface area contributed by atoms with Crippen LogP contribution >= 0.6 is 0 Å². The second kappa shape index (κ2) is 6.69. The molecule has 0 spiro atoms. The van der Waals surface area contributed by atoms with Gasteiger partial charge in [0.25, 0.3) is 5.92 Å². The van der Waals surface area contributed by atoms with E-state index in [0.29, 0.717) is 17.9 Å². The van der Waals surface area contributed by atoms with Crippen molar-refractivity contribution in [1.82, 2.24) is 9.78 Å². The second-order valence-electron chi connectivity index (χ2n) is 7.62. The van der Waals surface area contributed by atoms with Gasteiger partial charge in [-0.25, -0.2) is 13.2 Å². The maximum Gasteiger partial charge on any atom is 0.251 e. The lowest BCUT2D eigenvalue weighted by Crippen LogP contribution is -2.40. The zero-order valence-corrected chi connectivity index (χ0v) is 15.1. The van der Waals surface area contributed by atoms with E-state index in [1.165, 1.54) is 12.1 Å². The quantitative estimate of drug-likeness (QED) is 0.808. The predicted molar refractivity (Wildman–Crippen MR) is 96.1 cm³/mol. The minimum Gasteiger partial charge on any atom is -0.311 e. The summed E-state index contributed by atoms with van der Waals surface area (Å²) in [6.07, 6.45) is 3.13. The highest BCUT2D eigenvalue weighted by molar-refractivity contribution is 5.92. The topological polar surface area (TPSA) is 46.9 Å². The fourth-order valence-corrected chi connectivity index (χ4v) is 3.82. The molecule has 0 bridgehead atoms. The summed E-state index contributed by atoms with van der Waals surface area (Å²) in [5.41, 5.74) is 2.41. The van der Waals surface area contributed by atoms with Gasteiger partial charge in [-0.3, -0.25) is 9.48 Å². The third-order valence-electron chi connectivity index (χ3n) is 5.83. The van der Waals surface area contributed by atoms with Crippen LogP contribution in [0.3, 0.4) is 0 Å². The lowest BCUT2D eigenvalue weighted by Gasteiger charge is -2.35. The molecule has 1 heterocycles. The second-order valence-corrected chi connectivity index (χ2v) is 7.62. The highest BCUT2D eigenvalue weighted by Crippen LogP contribution is 2.46. The maximum absolute atomic E-state index is 13.5. The van der Waals surface area contributed by atoms with Crippen molar-refractivity contribution in [1.29, 1.82) is 0 Å². The molecule has 1 atom stereocenters. The van der Waals surface area contributed by atoms with Crippen molar-refractivity contribution >= 4 is 11.7 Å². The van der Waals surface area contributed by atoms with E-state index in [-0.39, 0.29) is 24.6 Å². The Labute approximate surface area is 155 Å². The van der Waals surface area contributed by atoms with Crippen LogP contribution in [0.4, 0.5) is 19.0 Å². The largest absolute Gasteiger partial charge is 0.311 e. The first-order chi connectivity index (χ1) is 12.8. The zero-order valence-electron chi connectivity index (χ0n) is 15.1. The van der Waals surface area contributed by atoms with Gasteiger partial charge in [0.15, 0.2) is 0 Å². The maximum atomic E-state index is 13.5. The number of carbonyl (C=O) groups is 1. The summed E-state index contributed by atoms with van der Waals surface area (Å²) >= 11 is 0. The number of rotatable bonds is 5. The van der Waals surface area contributed by atoms with Crippen molar-refractivity contribution < 1.29 is 18.0 Å². The highest BCUT2D eigenvalue weighted by Gasteiger charge is 2.48. The van der Waals surface area contributed by atoms with E-state index >= 15 is 0 Å². The zero-order chi connectivity index (χ0) is 19.2. The molecule has 27 heavy (non-hydrogen) atoms. The molecular weight excluding hydrogens is 355 g/mol. The van der Waals surface area contributed by atoms with Crippen LogP contribution in [0.15, 0.2) is 24.3 Å². The van der Waals surface area contributed by atoms with Crippen molar-refractivity contribution in [3.8, 4) is 11.3 Å².